The maximum atomic E-state index is 6.14. The minimum Gasteiger partial charge on any atom is -0.456 e. The second kappa shape index (κ2) is 13.2. The summed E-state index contributed by atoms with van der Waals surface area (Å²) in [5.74, 6) is 0. The van der Waals surface area contributed by atoms with Gasteiger partial charge in [-0.2, -0.15) is 0 Å². The first-order valence-electron chi connectivity index (χ1n) is 20.6. The van der Waals surface area contributed by atoms with Gasteiger partial charge in [-0.05, 0) is 134 Å². The number of anilines is 3. The van der Waals surface area contributed by atoms with Crippen LogP contribution in [0.1, 0.15) is 25.0 Å². The van der Waals surface area contributed by atoms with E-state index in [9.17, 15) is 0 Å². The highest BCUT2D eigenvalue weighted by atomic mass is 16.3. The second-order valence-corrected chi connectivity index (χ2v) is 16.5. The Bertz CT molecular complexity index is 3300. The van der Waals surface area contributed by atoms with Crippen LogP contribution < -0.4 is 4.90 Å². The van der Waals surface area contributed by atoms with Gasteiger partial charge in [-0.3, -0.25) is 0 Å². The molecule has 0 amide bonds. The standard InChI is InChI=1S/C57H39NO2/c1-57(2)51-15-6-3-12-45(51)48-33-41(22-29-52(48)57)38-10-9-11-44(32-38)58(42-25-18-36(19-26-42)39-23-30-55-49(34-39)46-13-4-7-16-53(46)59-55)43-27-20-37(21-28-43)40-24-31-56-50(35-40)47-14-5-8-17-54(47)60-56/h3-35H,1-2H3. The topological polar surface area (TPSA) is 29.5 Å². The first-order chi connectivity index (χ1) is 29.5. The highest BCUT2D eigenvalue weighted by Gasteiger charge is 2.35. The maximum Gasteiger partial charge on any atom is 0.135 e. The molecule has 284 valence electrons. The summed E-state index contributed by atoms with van der Waals surface area (Å²) in [4.78, 5) is 2.36. The summed E-state index contributed by atoms with van der Waals surface area (Å²) in [7, 11) is 0. The zero-order valence-electron chi connectivity index (χ0n) is 33.3. The van der Waals surface area contributed by atoms with E-state index in [-0.39, 0.29) is 5.41 Å². The van der Waals surface area contributed by atoms with Crippen LogP contribution in [-0.4, -0.2) is 0 Å². The molecule has 2 aromatic heterocycles. The van der Waals surface area contributed by atoms with Crippen LogP contribution in [0.4, 0.5) is 17.1 Å². The number of rotatable bonds is 6. The van der Waals surface area contributed by atoms with Gasteiger partial charge >= 0.3 is 0 Å². The van der Waals surface area contributed by atoms with Crippen LogP contribution in [0.2, 0.25) is 0 Å². The molecule has 3 heteroatoms. The van der Waals surface area contributed by atoms with Gasteiger partial charge in [0.25, 0.3) is 0 Å². The number of hydrogen-bond donors (Lipinski definition) is 0. The van der Waals surface area contributed by atoms with Crippen molar-refractivity contribution in [3.05, 3.63) is 211 Å². The van der Waals surface area contributed by atoms with E-state index in [2.05, 4.69) is 195 Å². The molecule has 0 saturated heterocycles. The molecule has 0 saturated carbocycles. The third kappa shape index (κ3) is 5.43. The quantitative estimate of drug-likeness (QED) is 0.169. The first kappa shape index (κ1) is 34.4. The molecular weight excluding hydrogens is 731 g/mol. The van der Waals surface area contributed by atoms with Gasteiger partial charge < -0.3 is 13.7 Å². The lowest BCUT2D eigenvalue weighted by molar-refractivity contribution is 0.660. The molecular formula is C57H39NO2. The van der Waals surface area contributed by atoms with Crippen LogP contribution in [-0.2, 0) is 5.41 Å². The van der Waals surface area contributed by atoms with Crippen LogP contribution in [0.5, 0.6) is 0 Å². The fraction of sp³-hybridized carbons (Fsp3) is 0.0526. The summed E-state index contributed by atoms with van der Waals surface area (Å²) in [6, 6.07) is 72.2. The Kier molecular flexibility index (Phi) is 7.58. The van der Waals surface area contributed by atoms with Crippen LogP contribution >= 0.6 is 0 Å². The monoisotopic (exact) mass is 769 g/mol. The fourth-order valence-electron chi connectivity index (χ4n) is 9.59. The average Bonchev–Trinajstić information content (AvgIpc) is 3.94. The Morgan fingerprint density at radius 2 is 0.783 bits per heavy atom. The third-order valence-electron chi connectivity index (χ3n) is 12.7. The van der Waals surface area contributed by atoms with Crippen LogP contribution in [0.15, 0.2) is 209 Å². The maximum absolute atomic E-state index is 6.14. The Morgan fingerprint density at radius 3 is 1.40 bits per heavy atom. The molecule has 9 aromatic carbocycles. The predicted octanol–water partition coefficient (Wildman–Crippen LogP) is 16.3. The summed E-state index contributed by atoms with van der Waals surface area (Å²) in [5.41, 5.74) is 19.3. The molecule has 0 spiro atoms. The molecule has 11 aromatic rings. The molecule has 0 fully saturated rings. The van der Waals surface area contributed by atoms with Crippen molar-refractivity contribution >= 4 is 60.9 Å². The number of hydrogen-bond acceptors (Lipinski definition) is 3. The van der Waals surface area contributed by atoms with Gasteiger partial charge in [-0.25, -0.2) is 0 Å². The largest absolute Gasteiger partial charge is 0.456 e. The minimum absolute atomic E-state index is 0.0302. The van der Waals surface area contributed by atoms with E-state index in [1.165, 1.54) is 33.4 Å². The van der Waals surface area contributed by atoms with Gasteiger partial charge in [0.1, 0.15) is 22.3 Å². The molecule has 0 atom stereocenters. The van der Waals surface area contributed by atoms with Gasteiger partial charge in [0, 0.05) is 44.0 Å². The molecule has 2 heterocycles. The lowest BCUT2D eigenvalue weighted by atomic mass is 9.82. The SMILES string of the molecule is CC1(C)c2ccccc2-c2cc(-c3cccc(N(c4ccc(-c5ccc6oc7ccccc7c6c5)cc4)c4ccc(-c5ccc6oc7ccccc7c6c5)cc4)c3)ccc21. The van der Waals surface area contributed by atoms with Crippen molar-refractivity contribution in [1.82, 2.24) is 0 Å². The van der Waals surface area contributed by atoms with Crippen molar-refractivity contribution in [1.29, 1.82) is 0 Å². The van der Waals surface area contributed by atoms with Gasteiger partial charge in [-0.15, -0.1) is 0 Å². The van der Waals surface area contributed by atoms with Crippen LogP contribution in [0, 0.1) is 0 Å². The predicted molar refractivity (Wildman–Crippen MR) is 250 cm³/mol. The summed E-state index contributed by atoms with van der Waals surface area (Å²) in [5, 5.41) is 4.53. The molecule has 1 aliphatic carbocycles. The molecule has 0 unspecified atom stereocenters. The molecule has 1 aliphatic rings. The highest BCUT2D eigenvalue weighted by molar-refractivity contribution is 6.07. The van der Waals surface area contributed by atoms with Crippen LogP contribution in [0.3, 0.4) is 0 Å². The Morgan fingerprint density at radius 1 is 0.317 bits per heavy atom. The zero-order chi connectivity index (χ0) is 40.0. The Balaban J connectivity index is 0.946. The molecule has 12 rings (SSSR count). The van der Waals surface area contributed by atoms with Gasteiger partial charge in [0.15, 0.2) is 0 Å². The lowest BCUT2D eigenvalue weighted by Gasteiger charge is -2.26. The van der Waals surface area contributed by atoms with Crippen LogP contribution in [0.25, 0.3) is 88.4 Å². The Hall–Kier alpha value is -7.62. The molecule has 60 heavy (non-hydrogen) atoms. The van der Waals surface area contributed by atoms with E-state index in [0.717, 1.165) is 83.2 Å². The number of fused-ring (bicyclic) bond motifs is 9. The van der Waals surface area contributed by atoms with E-state index in [1.54, 1.807) is 0 Å². The molecule has 0 N–H and O–H groups in total. The summed E-state index contributed by atoms with van der Waals surface area (Å²) >= 11 is 0. The highest BCUT2D eigenvalue weighted by Crippen LogP contribution is 2.50. The molecule has 0 aliphatic heterocycles. The summed E-state index contributed by atoms with van der Waals surface area (Å²) < 4.78 is 12.3. The van der Waals surface area contributed by atoms with Gasteiger partial charge in [0.2, 0.25) is 0 Å². The smallest absolute Gasteiger partial charge is 0.135 e. The van der Waals surface area contributed by atoms with Crippen molar-refractivity contribution in [2.45, 2.75) is 19.3 Å². The van der Waals surface area contributed by atoms with Gasteiger partial charge in [-0.1, -0.05) is 135 Å². The Labute approximate surface area is 348 Å². The molecule has 0 bridgehead atoms. The number of para-hydroxylation sites is 2. The van der Waals surface area contributed by atoms with Crippen molar-refractivity contribution in [3.8, 4) is 44.5 Å². The lowest BCUT2D eigenvalue weighted by Crippen LogP contribution is -2.14. The first-order valence-corrected chi connectivity index (χ1v) is 20.6. The van der Waals surface area contributed by atoms with Gasteiger partial charge in [0.05, 0.1) is 0 Å². The number of nitrogens with zero attached hydrogens (tertiary/aromatic N) is 1. The zero-order valence-corrected chi connectivity index (χ0v) is 33.3. The second-order valence-electron chi connectivity index (χ2n) is 16.5. The van der Waals surface area contributed by atoms with E-state index >= 15 is 0 Å². The van der Waals surface area contributed by atoms with E-state index in [0.29, 0.717) is 0 Å². The summed E-state index contributed by atoms with van der Waals surface area (Å²) in [6.45, 7) is 4.67. The third-order valence-corrected chi connectivity index (χ3v) is 12.7. The van der Waals surface area contributed by atoms with Crippen molar-refractivity contribution in [2.75, 3.05) is 4.90 Å². The number of benzene rings is 9. The summed E-state index contributed by atoms with van der Waals surface area (Å²) in [6.07, 6.45) is 0. The normalized spacial score (nSPS) is 13.0. The van der Waals surface area contributed by atoms with Crippen molar-refractivity contribution in [3.63, 3.8) is 0 Å². The number of furan rings is 2. The van der Waals surface area contributed by atoms with Crippen molar-refractivity contribution < 1.29 is 8.83 Å². The van der Waals surface area contributed by atoms with E-state index in [4.69, 9.17) is 8.83 Å². The molecule has 3 nitrogen and oxygen atoms in total. The van der Waals surface area contributed by atoms with Crippen molar-refractivity contribution in [2.24, 2.45) is 0 Å². The minimum atomic E-state index is -0.0302. The van der Waals surface area contributed by atoms with E-state index in [1.807, 2.05) is 24.3 Å². The fourth-order valence-corrected chi connectivity index (χ4v) is 9.59. The molecule has 0 radical (unpaired) electrons. The van der Waals surface area contributed by atoms with E-state index < -0.39 is 0 Å². The average molecular weight is 770 g/mol.